The lowest BCUT2D eigenvalue weighted by molar-refractivity contribution is -0.121. The summed E-state index contributed by atoms with van der Waals surface area (Å²) in [4.78, 5) is 11.6. The summed E-state index contributed by atoms with van der Waals surface area (Å²) in [6, 6.07) is 1.87. The molecule has 0 fully saturated rings. The van der Waals surface area contributed by atoms with Crippen molar-refractivity contribution in [2.45, 2.75) is 26.1 Å². The van der Waals surface area contributed by atoms with E-state index in [0.717, 1.165) is 13.0 Å². The molecule has 8 heteroatoms. The Kier molecular flexibility index (Phi) is 4.62. The third kappa shape index (κ3) is 4.18. The van der Waals surface area contributed by atoms with Crippen LogP contribution >= 0.6 is 0 Å². The molecule has 2 heterocycles. The maximum Gasteiger partial charge on any atom is 0.241 e. The van der Waals surface area contributed by atoms with Crippen molar-refractivity contribution in [2.24, 2.45) is 5.73 Å². The van der Waals surface area contributed by atoms with Crippen LogP contribution in [0, 0.1) is 0 Å². The summed E-state index contributed by atoms with van der Waals surface area (Å²) >= 11 is 0. The van der Waals surface area contributed by atoms with E-state index in [2.05, 4.69) is 20.7 Å². The molecule has 0 bridgehead atoms. The summed E-state index contributed by atoms with van der Waals surface area (Å²) in [6.45, 7) is 1.88. The molecular weight excluding hydrogens is 246 g/mol. The molecule has 1 amide bonds. The quantitative estimate of drug-likeness (QED) is 0.633. The van der Waals surface area contributed by atoms with Gasteiger partial charge in [0, 0.05) is 32.0 Å². The van der Waals surface area contributed by atoms with E-state index in [1.54, 1.807) is 12.4 Å². The molecule has 102 valence electrons. The minimum absolute atomic E-state index is 0.0889. The summed E-state index contributed by atoms with van der Waals surface area (Å²) in [5.41, 5.74) is 6.09. The standard InChI is InChI=1S/C11H17N7O/c12-7-10-8-18(16-15-10)9-11(19)13-3-1-5-17-6-2-4-14-17/h2,4,6,8H,1,3,5,7,9,12H2,(H,13,19). The second kappa shape index (κ2) is 6.64. The lowest BCUT2D eigenvalue weighted by Gasteiger charge is -2.05. The lowest BCUT2D eigenvalue weighted by atomic mass is 10.4. The highest BCUT2D eigenvalue weighted by Gasteiger charge is 2.04. The van der Waals surface area contributed by atoms with E-state index < -0.39 is 0 Å². The van der Waals surface area contributed by atoms with Gasteiger partial charge in [0.1, 0.15) is 6.54 Å². The fraction of sp³-hybridized carbons (Fsp3) is 0.455. The largest absolute Gasteiger partial charge is 0.354 e. The van der Waals surface area contributed by atoms with Crippen LogP contribution in [0.5, 0.6) is 0 Å². The third-order valence-electron chi connectivity index (χ3n) is 2.55. The Balaban J connectivity index is 1.64. The number of nitrogens with zero attached hydrogens (tertiary/aromatic N) is 5. The van der Waals surface area contributed by atoms with Crippen LogP contribution in [0.1, 0.15) is 12.1 Å². The second-order valence-corrected chi connectivity index (χ2v) is 4.08. The van der Waals surface area contributed by atoms with Gasteiger partial charge in [-0.1, -0.05) is 5.21 Å². The molecule has 0 spiro atoms. The number of nitrogens with two attached hydrogens (primary N) is 1. The molecule has 19 heavy (non-hydrogen) atoms. The molecule has 0 aromatic carbocycles. The molecule has 0 radical (unpaired) electrons. The Labute approximate surface area is 110 Å². The van der Waals surface area contributed by atoms with Gasteiger partial charge in [-0.2, -0.15) is 5.10 Å². The summed E-state index contributed by atoms with van der Waals surface area (Å²) in [5, 5.41) is 14.5. The summed E-state index contributed by atoms with van der Waals surface area (Å²) in [7, 11) is 0. The number of carbonyl (C=O) groups is 1. The Hall–Kier alpha value is -2.22. The molecule has 2 aromatic rings. The summed E-state index contributed by atoms with van der Waals surface area (Å²) in [6.07, 6.45) is 6.13. The molecule has 8 nitrogen and oxygen atoms in total. The summed E-state index contributed by atoms with van der Waals surface area (Å²) < 4.78 is 3.31. The Morgan fingerprint density at radius 2 is 2.32 bits per heavy atom. The highest BCUT2D eigenvalue weighted by Crippen LogP contribution is 1.91. The maximum atomic E-state index is 11.6. The zero-order valence-corrected chi connectivity index (χ0v) is 10.6. The van der Waals surface area contributed by atoms with Crippen molar-refractivity contribution in [3.05, 3.63) is 30.4 Å². The highest BCUT2D eigenvalue weighted by atomic mass is 16.2. The van der Waals surface area contributed by atoms with Gasteiger partial charge in [-0.05, 0) is 12.5 Å². The van der Waals surface area contributed by atoms with Gasteiger partial charge in [0.15, 0.2) is 0 Å². The van der Waals surface area contributed by atoms with Gasteiger partial charge in [0.2, 0.25) is 5.91 Å². The number of aryl methyl sites for hydroxylation is 1. The minimum atomic E-state index is -0.0889. The molecule has 0 aliphatic rings. The molecule has 2 aromatic heterocycles. The monoisotopic (exact) mass is 263 g/mol. The second-order valence-electron chi connectivity index (χ2n) is 4.08. The van der Waals surface area contributed by atoms with Crippen molar-refractivity contribution in [3.63, 3.8) is 0 Å². The minimum Gasteiger partial charge on any atom is -0.354 e. The zero-order valence-electron chi connectivity index (χ0n) is 10.6. The van der Waals surface area contributed by atoms with Crippen molar-refractivity contribution in [2.75, 3.05) is 6.54 Å². The molecule has 0 saturated heterocycles. The number of hydrogen-bond donors (Lipinski definition) is 2. The molecular formula is C11H17N7O. The van der Waals surface area contributed by atoms with E-state index >= 15 is 0 Å². The van der Waals surface area contributed by atoms with Gasteiger partial charge in [-0.15, -0.1) is 5.10 Å². The fourth-order valence-electron chi connectivity index (χ4n) is 1.61. The number of nitrogens with one attached hydrogen (secondary N) is 1. The summed E-state index contributed by atoms with van der Waals surface area (Å²) in [5.74, 6) is -0.0889. The van der Waals surface area contributed by atoms with Crippen LogP contribution in [0.4, 0.5) is 0 Å². The topological polar surface area (TPSA) is 104 Å². The first-order valence-electron chi connectivity index (χ1n) is 6.11. The number of aromatic nitrogens is 5. The normalized spacial score (nSPS) is 10.6. The lowest BCUT2D eigenvalue weighted by Crippen LogP contribution is -2.29. The zero-order chi connectivity index (χ0) is 13.5. The van der Waals surface area contributed by atoms with Crippen LogP contribution in [0.25, 0.3) is 0 Å². The smallest absolute Gasteiger partial charge is 0.241 e. The molecule has 0 unspecified atom stereocenters. The molecule has 0 aliphatic carbocycles. The number of amides is 1. The van der Waals surface area contributed by atoms with Gasteiger partial charge in [-0.3, -0.25) is 9.48 Å². The number of carbonyl (C=O) groups excluding carboxylic acids is 1. The number of rotatable bonds is 7. The van der Waals surface area contributed by atoms with Gasteiger partial charge in [0.05, 0.1) is 11.9 Å². The Bertz CT molecular complexity index is 505. The first-order chi connectivity index (χ1) is 9.28. The predicted octanol–water partition coefficient (Wildman–Crippen LogP) is -0.860. The molecule has 0 saturated carbocycles. The van der Waals surface area contributed by atoms with E-state index in [-0.39, 0.29) is 12.5 Å². The van der Waals surface area contributed by atoms with Gasteiger partial charge < -0.3 is 11.1 Å². The molecule has 0 aliphatic heterocycles. The third-order valence-corrected chi connectivity index (χ3v) is 2.55. The van der Waals surface area contributed by atoms with Crippen LogP contribution < -0.4 is 11.1 Å². The Morgan fingerprint density at radius 1 is 1.42 bits per heavy atom. The van der Waals surface area contributed by atoms with Gasteiger partial charge >= 0.3 is 0 Å². The van der Waals surface area contributed by atoms with Gasteiger partial charge in [0.25, 0.3) is 0 Å². The first-order valence-corrected chi connectivity index (χ1v) is 6.11. The Morgan fingerprint density at radius 3 is 3.00 bits per heavy atom. The van der Waals surface area contributed by atoms with Crippen LogP contribution in [-0.2, 0) is 24.4 Å². The fourth-order valence-corrected chi connectivity index (χ4v) is 1.61. The van der Waals surface area contributed by atoms with Crippen molar-refractivity contribution in [1.82, 2.24) is 30.1 Å². The van der Waals surface area contributed by atoms with Crippen LogP contribution in [0.3, 0.4) is 0 Å². The SMILES string of the molecule is NCc1cn(CC(=O)NCCCn2cccn2)nn1. The predicted molar refractivity (Wildman–Crippen MR) is 67.8 cm³/mol. The van der Waals surface area contributed by atoms with Crippen LogP contribution in [0.15, 0.2) is 24.7 Å². The first kappa shape index (κ1) is 13.2. The van der Waals surface area contributed by atoms with E-state index in [1.807, 2.05) is 16.9 Å². The maximum absolute atomic E-state index is 11.6. The van der Waals surface area contributed by atoms with Gasteiger partial charge in [-0.25, -0.2) is 4.68 Å². The van der Waals surface area contributed by atoms with E-state index in [4.69, 9.17) is 5.73 Å². The van der Waals surface area contributed by atoms with Crippen molar-refractivity contribution < 1.29 is 4.79 Å². The van der Waals surface area contributed by atoms with E-state index in [0.29, 0.717) is 18.8 Å². The average molecular weight is 263 g/mol. The van der Waals surface area contributed by atoms with Crippen molar-refractivity contribution in [1.29, 1.82) is 0 Å². The van der Waals surface area contributed by atoms with Crippen LogP contribution in [-0.4, -0.2) is 37.2 Å². The highest BCUT2D eigenvalue weighted by molar-refractivity contribution is 5.75. The van der Waals surface area contributed by atoms with E-state index in [9.17, 15) is 4.79 Å². The van der Waals surface area contributed by atoms with Crippen molar-refractivity contribution >= 4 is 5.91 Å². The van der Waals surface area contributed by atoms with Crippen LogP contribution in [0.2, 0.25) is 0 Å². The van der Waals surface area contributed by atoms with E-state index in [1.165, 1.54) is 4.68 Å². The van der Waals surface area contributed by atoms with Crippen molar-refractivity contribution in [3.8, 4) is 0 Å². The number of hydrogen-bond acceptors (Lipinski definition) is 5. The molecule has 0 atom stereocenters. The molecule has 3 N–H and O–H groups in total. The molecule has 2 rings (SSSR count). The average Bonchev–Trinajstić information content (AvgIpc) is 3.05.